The molecule has 0 aromatic rings. The van der Waals surface area contributed by atoms with Gasteiger partial charge in [0.1, 0.15) is 13.0 Å². The lowest BCUT2D eigenvalue weighted by atomic mass is 10.3. The summed E-state index contributed by atoms with van der Waals surface area (Å²) in [5.74, 6) is -2.38. The first kappa shape index (κ1) is 11.8. The molecule has 1 fully saturated rings. The van der Waals surface area contributed by atoms with E-state index in [4.69, 9.17) is 5.11 Å². The van der Waals surface area contributed by atoms with E-state index in [0.717, 1.165) is 0 Å². The Morgan fingerprint density at radius 1 is 1.33 bits per heavy atom. The third-order valence-corrected chi connectivity index (χ3v) is 1.96. The predicted octanol–water partition coefficient (Wildman–Crippen LogP) is 1.01. The number of nitrogens with zero attached hydrogens (tertiary/aromatic N) is 1. The second-order valence-electron chi connectivity index (χ2n) is 3.44. The van der Waals surface area contributed by atoms with Crippen LogP contribution in [-0.4, -0.2) is 40.6 Å². The Morgan fingerprint density at radius 2 is 1.87 bits per heavy atom. The summed E-state index contributed by atoms with van der Waals surface area (Å²) in [6.07, 6.45) is -4.33. The van der Waals surface area contributed by atoms with Crippen LogP contribution < -0.4 is 0 Å². The summed E-state index contributed by atoms with van der Waals surface area (Å²) in [5, 5.41) is 8.30. The van der Waals surface area contributed by atoms with Crippen LogP contribution in [0.2, 0.25) is 0 Å². The van der Waals surface area contributed by atoms with Gasteiger partial charge in [-0.05, 0) is 12.8 Å². The molecule has 0 bridgehead atoms. The Hall–Kier alpha value is -1.27. The van der Waals surface area contributed by atoms with Crippen molar-refractivity contribution in [1.29, 1.82) is 0 Å². The predicted molar refractivity (Wildman–Crippen MR) is 43.0 cm³/mol. The van der Waals surface area contributed by atoms with Gasteiger partial charge in [-0.25, -0.2) is 0 Å². The first-order chi connectivity index (χ1) is 6.79. The number of rotatable bonds is 4. The van der Waals surface area contributed by atoms with E-state index < -0.39 is 37.1 Å². The van der Waals surface area contributed by atoms with Crippen LogP contribution in [0.3, 0.4) is 0 Å². The fraction of sp³-hybridized carbons (Fsp3) is 0.750. The molecule has 7 heteroatoms. The van der Waals surface area contributed by atoms with Crippen LogP contribution in [-0.2, 0) is 9.59 Å². The molecule has 86 valence electrons. The van der Waals surface area contributed by atoms with Gasteiger partial charge in [-0.1, -0.05) is 0 Å². The highest BCUT2D eigenvalue weighted by Crippen LogP contribution is 2.30. The third kappa shape index (κ3) is 4.18. The molecule has 1 aliphatic rings. The second kappa shape index (κ2) is 4.08. The molecule has 15 heavy (non-hydrogen) atoms. The molecule has 0 radical (unpaired) electrons. The Labute approximate surface area is 83.7 Å². The van der Waals surface area contributed by atoms with Crippen molar-refractivity contribution in [2.75, 3.05) is 6.54 Å². The van der Waals surface area contributed by atoms with Gasteiger partial charge in [0.15, 0.2) is 0 Å². The van der Waals surface area contributed by atoms with Crippen LogP contribution in [0, 0.1) is 0 Å². The minimum atomic E-state index is -4.48. The number of carbonyl (C=O) groups excluding carboxylic acids is 1. The van der Waals surface area contributed by atoms with E-state index in [1.165, 1.54) is 0 Å². The molecule has 0 heterocycles. The molecule has 0 aromatic heterocycles. The molecule has 1 N–H and O–H groups in total. The molecule has 0 aliphatic heterocycles. The van der Waals surface area contributed by atoms with Crippen molar-refractivity contribution in [2.45, 2.75) is 31.5 Å². The number of alkyl halides is 3. The largest absolute Gasteiger partial charge is 0.481 e. The molecule has 1 aliphatic carbocycles. The maximum absolute atomic E-state index is 12.1. The standard InChI is InChI=1S/C8H10F3NO3/c9-8(10,11)4-12(5-1-2-5)6(13)3-7(14)15/h5H,1-4H2,(H,14,15). The van der Waals surface area contributed by atoms with Gasteiger partial charge in [0.25, 0.3) is 0 Å². The highest BCUT2D eigenvalue weighted by molar-refractivity contribution is 5.93. The summed E-state index contributed by atoms with van der Waals surface area (Å²) in [6, 6.07) is -0.432. The van der Waals surface area contributed by atoms with E-state index in [2.05, 4.69) is 0 Å². The smallest absolute Gasteiger partial charge is 0.406 e. The number of carboxylic acids is 1. The summed E-state index contributed by atoms with van der Waals surface area (Å²) < 4.78 is 36.2. The fourth-order valence-corrected chi connectivity index (χ4v) is 1.23. The van der Waals surface area contributed by atoms with Crippen LogP contribution >= 0.6 is 0 Å². The van der Waals surface area contributed by atoms with Gasteiger partial charge in [0, 0.05) is 6.04 Å². The van der Waals surface area contributed by atoms with Crippen LogP contribution in [0.5, 0.6) is 0 Å². The van der Waals surface area contributed by atoms with Crippen LogP contribution in [0.1, 0.15) is 19.3 Å². The van der Waals surface area contributed by atoms with Gasteiger partial charge in [0.2, 0.25) is 5.91 Å². The molecule has 0 saturated heterocycles. The van der Waals surface area contributed by atoms with Crippen molar-refractivity contribution in [3.8, 4) is 0 Å². The SMILES string of the molecule is O=C(O)CC(=O)N(CC(F)(F)F)C1CC1. The number of aliphatic carboxylic acids is 1. The maximum Gasteiger partial charge on any atom is 0.406 e. The minimum Gasteiger partial charge on any atom is -0.481 e. The number of amides is 1. The van der Waals surface area contributed by atoms with Gasteiger partial charge < -0.3 is 10.0 Å². The number of hydrogen-bond acceptors (Lipinski definition) is 2. The topological polar surface area (TPSA) is 57.6 Å². The molecule has 0 aromatic carbocycles. The lowest BCUT2D eigenvalue weighted by Crippen LogP contribution is -2.41. The van der Waals surface area contributed by atoms with E-state index in [-0.39, 0.29) is 0 Å². The molecule has 0 atom stereocenters. The van der Waals surface area contributed by atoms with Gasteiger partial charge in [-0.2, -0.15) is 13.2 Å². The molecule has 0 unspecified atom stereocenters. The molecule has 4 nitrogen and oxygen atoms in total. The Morgan fingerprint density at radius 3 is 2.20 bits per heavy atom. The molecule has 1 rings (SSSR count). The zero-order valence-electron chi connectivity index (χ0n) is 7.75. The Kier molecular flexibility index (Phi) is 3.21. The normalized spacial score (nSPS) is 16.2. The van der Waals surface area contributed by atoms with Gasteiger partial charge in [-0.15, -0.1) is 0 Å². The van der Waals surface area contributed by atoms with E-state index >= 15 is 0 Å². The summed E-state index contributed by atoms with van der Waals surface area (Å²) in [7, 11) is 0. The number of carboxylic acid groups (broad SMARTS) is 1. The molecular weight excluding hydrogens is 215 g/mol. The van der Waals surface area contributed by atoms with Crippen LogP contribution in [0.15, 0.2) is 0 Å². The Bertz CT molecular complexity index is 273. The zero-order valence-corrected chi connectivity index (χ0v) is 7.75. The van der Waals surface area contributed by atoms with Gasteiger partial charge in [0.05, 0.1) is 0 Å². The van der Waals surface area contributed by atoms with Crippen molar-refractivity contribution in [3.63, 3.8) is 0 Å². The lowest BCUT2D eigenvalue weighted by molar-refractivity contribution is -0.164. The lowest BCUT2D eigenvalue weighted by Gasteiger charge is -2.22. The third-order valence-electron chi connectivity index (χ3n) is 1.96. The van der Waals surface area contributed by atoms with Crippen molar-refractivity contribution in [1.82, 2.24) is 4.90 Å². The van der Waals surface area contributed by atoms with Crippen molar-refractivity contribution < 1.29 is 27.9 Å². The number of hydrogen-bond donors (Lipinski definition) is 1. The quantitative estimate of drug-likeness (QED) is 0.726. The second-order valence-corrected chi connectivity index (χ2v) is 3.44. The zero-order chi connectivity index (χ0) is 11.6. The average molecular weight is 225 g/mol. The molecular formula is C8H10F3NO3. The monoisotopic (exact) mass is 225 g/mol. The first-order valence-corrected chi connectivity index (χ1v) is 4.37. The van der Waals surface area contributed by atoms with Gasteiger partial charge in [-0.3, -0.25) is 9.59 Å². The van der Waals surface area contributed by atoms with Crippen LogP contribution in [0.25, 0.3) is 0 Å². The summed E-state index contributed by atoms with van der Waals surface area (Å²) in [4.78, 5) is 22.0. The molecule has 0 spiro atoms. The average Bonchev–Trinajstić information content (AvgIpc) is 2.78. The van der Waals surface area contributed by atoms with Crippen molar-refractivity contribution in [2.24, 2.45) is 0 Å². The highest BCUT2D eigenvalue weighted by atomic mass is 19.4. The van der Waals surface area contributed by atoms with Crippen molar-refractivity contribution >= 4 is 11.9 Å². The Balaban J connectivity index is 2.57. The first-order valence-electron chi connectivity index (χ1n) is 4.37. The number of halogens is 3. The van der Waals surface area contributed by atoms with E-state index in [1.54, 1.807) is 0 Å². The highest BCUT2D eigenvalue weighted by Gasteiger charge is 2.40. The molecule has 1 amide bonds. The summed E-state index contributed by atoms with van der Waals surface area (Å²) in [5.41, 5.74) is 0. The fourth-order valence-electron chi connectivity index (χ4n) is 1.23. The van der Waals surface area contributed by atoms with E-state index in [0.29, 0.717) is 17.7 Å². The van der Waals surface area contributed by atoms with Crippen LogP contribution in [0.4, 0.5) is 13.2 Å². The van der Waals surface area contributed by atoms with E-state index in [1.807, 2.05) is 0 Å². The minimum absolute atomic E-state index is 0.432. The van der Waals surface area contributed by atoms with E-state index in [9.17, 15) is 22.8 Å². The number of carbonyl (C=O) groups is 2. The van der Waals surface area contributed by atoms with Gasteiger partial charge >= 0.3 is 12.1 Å². The molecule has 1 saturated carbocycles. The van der Waals surface area contributed by atoms with Crippen molar-refractivity contribution in [3.05, 3.63) is 0 Å². The summed E-state index contributed by atoms with van der Waals surface area (Å²) >= 11 is 0. The maximum atomic E-state index is 12.1. The summed E-state index contributed by atoms with van der Waals surface area (Å²) in [6.45, 7) is -1.36.